The van der Waals surface area contributed by atoms with Gasteiger partial charge in [-0.15, -0.1) is 0 Å². The molecule has 2 rings (SSSR count). The second-order valence-corrected chi connectivity index (χ2v) is 3.64. The van der Waals surface area contributed by atoms with Gasteiger partial charge in [0.2, 0.25) is 0 Å². The third kappa shape index (κ3) is 2.02. The lowest BCUT2D eigenvalue weighted by molar-refractivity contribution is 0.223. The summed E-state index contributed by atoms with van der Waals surface area (Å²) in [6.07, 6.45) is 2.82. The maximum absolute atomic E-state index is 13.1. The molecule has 1 aliphatic rings. The Morgan fingerprint density at radius 1 is 1.47 bits per heavy atom. The van der Waals surface area contributed by atoms with E-state index in [1.54, 1.807) is 19.3 Å². The van der Waals surface area contributed by atoms with Crippen molar-refractivity contribution in [3.63, 3.8) is 0 Å². The molecule has 1 aromatic carbocycles. The summed E-state index contributed by atoms with van der Waals surface area (Å²) in [7, 11) is 1.56. The molecule has 2 nitrogen and oxygen atoms in total. The zero-order chi connectivity index (χ0) is 10.8. The second kappa shape index (κ2) is 4.03. The van der Waals surface area contributed by atoms with Crippen molar-refractivity contribution in [1.29, 1.82) is 0 Å². The first kappa shape index (κ1) is 10.2. The molecule has 0 saturated heterocycles. The molecule has 0 radical (unpaired) electrons. The van der Waals surface area contributed by atoms with Gasteiger partial charge in [-0.1, -0.05) is 6.08 Å². The van der Waals surface area contributed by atoms with Gasteiger partial charge in [0, 0.05) is 5.56 Å². The molecular weight excluding hydrogens is 195 g/mol. The van der Waals surface area contributed by atoms with E-state index in [0.717, 1.165) is 17.6 Å². The standard InChI is InChI=1S/C12H13FO2/c1-15-12-5-3-9(13)7-11(12)8-2-4-10(14)6-8/h3,5-7,10,14H,2,4H2,1H3. The van der Waals surface area contributed by atoms with Crippen molar-refractivity contribution in [3.05, 3.63) is 35.7 Å². The number of hydrogen-bond donors (Lipinski definition) is 1. The van der Waals surface area contributed by atoms with Crippen LogP contribution >= 0.6 is 0 Å². The third-order valence-corrected chi connectivity index (χ3v) is 2.61. The second-order valence-electron chi connectivity index (χ2n) is 3.64. The highest BCUT2D eigenvalue weighted by molar-refractivity contribution is 5.72. The van der Waals surface area contributed by atoms with Gasteiger partial charge in [-0.25, -0.2) is 4.39 Å². The summed E-state index contributed by atoms with van der Waals surface area (Å²) in [5, 5.41) is 9.38. The highest BCUT2D eigenvalue weighted by atomic mass is 19.1. The van der Waals surface area contributed by atoms with Crippen LogP contribution in [0.3, 0.4) is 0 Å². The van der Waals surface area contributed by atoms with Crippen molar-refractivity contribution in [3.8, 4) is 5.75 Å². The molecule has 1 unspecified atom stereocenters. The normalized spacial score (nSPS) is 20.2. The fourth-order valence-electron chi connectivity index (χ4n) is 1.86. The Kier molecular flexibility index (Phi) is 2.73. The number of ether oxygens (including phenoxy) is 1. The minimum absolute atomic E-state index is 0.284. The van der Waals surface area contributed by atoms with E-state index < -0.39 is 6.10 Å². The van der Waals surface area contributed by atoms with Crippen LogP contribution in [0.5, 0.6) is 5.75 Å². The molecule has 0 amide bonds. The molecule has 0 saturated carbocycles. The van der Waals surface area contributed by atoms with Gasteiger partial charge in [-0.05, 0) is 36.6 Å². The van der Waals surface area contributed by atoms with E-state index in [-0.39, 0.29) is 5.82 Å². The van der Waals surface area contributed by atoms with Gasteiger partial charge >= 0.3 is 0 Å². The van der Waals surface area contributed by atoms with Gasteiger partial charge in [0.05, 0.1) is 13.2 Å². The lowest BCUT2D eigenvalue weighted by Gasteiger charge is -2.08. The van der Waals surface area contributed by atoms with Crippen molar-refractivity contribution < 1.29 is 14.2 Å². The van der Waals surface area contributed by atoms with E-state index in [0.29, 0.717) is 12.2 Å². The topological polar surface area (TPSA) is 29.5 Å². The summed E-state index contributed by atoms with van der Waals surface area (Å²) >= 11 is 0. The summed E-state index contributed by atoms with van der Waals surface area (Å²) in [6, 6.07) is 4.42. The predicted molar refractivity (Wildman–Crippen MR) is 56.2 cm³/mol. The van der Waals surface area contributed by atoms with Gasteiger partial charge < -0.3 is 9.84 Å². The first-order valence-corrected chi connectivity index (χ1v) is 4.93. The van der Waals surface area contributed by atoms with Crippen molar-refractivity contribution in [2.75, 3.05) is 7.11 Å². The van der Waals surface area contributed by atoms with Crippen LogP contribution in [0.4, 0.5) is 4.39 Å². The Morgan fingerprint density at radius 2 is 2.27 bits per heavy atom. The molecule has 1 aliphatic carbocycles. The Labute approximate surface area is 88.0 Å². The fourth-order valence-corrected chi connectivity index (χ4v) is 1.86. The van der Waals surface area contributed by atoms with Crippen molar-refractivity contribution in [1.82, 2.24) is 0 Å². The maximum atomic E-state index is 13.1. The Balaban J connectivity index is 2.42. The molecule has 3 heteroatoms. The molecular formula is C12H13FO2. The average molecular weight is 208 g/mol. The Hall–Kier alpha value is -1.35. The van der Waals surface area contributed by atoms with Gasteiger partial charge in [0.25, 0.3) is 0 Å². The highest BCUT2D eigenvalue weighted by Gasteiger charge is 2.17. The number of allylic oxidation sites excluding steroid dienone is 1. The number of methoxy groups -OCH3 is 1. The van der Waals surface area contributed by atoms with Crippen molar-refractivity contribution in [2.24, 2.45) is 0 Å². The number of rotatable bonds is 2. The van der Waals surface area contributed by atoms with Gasteiger partial charge in [-0.2, -0.15) is 0 Å². The van der Waals surface area contributed by atoms with Crippen LogP contribution in [0.2, 0.25) is 0 Å². The molecule has 0 heterocycles. The molecule has 1 N–H and O–H groups in total. The van der Waals surface area contributed by atoms with E-state index >= 15 is 0 Å². The Bertz CT molecular complexity index is 399. The number of hydrogen-bond acceptors (Lipinski definition) is 2. The van der Waals surface area contributed by atoms with Crippen LogP contribution < -0.4 is 4.74 Å². The van der Waals surface area contributed by atoms with E-state index in [1.807, 2.05) is 0 Å². The molecule has 1 atom stereocenters. The van der Waals surface area contributed by atoms with E-state index in [4.69, 9.17) is 4.74 Å². The van der Waals surface area contributed by atoms with Crippen LogP contribution in [0, 0.1) is 5.82 Å². The summed E-state index contributed by atoms with van der Waals surface area (Å²) in [5.41, 5.74) is 1.70. The maximum Gasteiger partial charge on any atom is 0.126 e. The Morgan fingerprint density at radius 3 is 2.87 bits per heavy atom. The van der Waals surface area contributed by atoms with E-state index in [9.17, 15) is 9.50 Å². The molecule has 0 bridgehead atoms. The molecule has 0 spiro atoms. The molecule has 80 valence electrons. The lowest BCUT2D eigenvalue weighted by atomic mass is 10.0. The molecule has 0 fully saturated rings. The fraction of sp³-hybridized carbons (Fsp3) is 0.333. The molecule has 0 aliphatic heterocycles. The summed E-state index contributed by atoms with van der Waals surface area (Å²) in [5.74, 6) is 0.366. The summed E-state index contributed by atoms with van der Waals surface area (Å²) in [4.78, 5) is 0. The quantitative estimate of drug-likeness (QED) is 0.808. The number of aliphatic hydroxyl groups is 1. The van der Waals surface area contributed by atoms with Crippen molar-refractivity contribution in [2.45, 2.75) is 18.9 Å². The zero-order valence-electron chi connectivity index (χ0n) is 8.53. The lowest BCUT2D eigenvalue weighted by Crippen LogP contribution is -1.93. The summed E-state index contributed by atoms with van der Waals surface area (Å²) in [6.45, 7) is 0. The van der Waals surface area contributed by atoms with E-state index in [1.165, 1.54) is 12.1 Å². The van der Waals surface area contributed by atoms with Crippen LogP contribution in [0.25, 0.3) is 5.57 Å². The first-order chi connectivity index (χ1) is 7.20. The largest absolute Gasteiger partial charge is 0.496 e. The predicted octanol–water partition coefficient (Wildman–Crippen LogP) is 2.37. The monoisotopic (exact) mass is 208 g/mol. The van der Waals surface area contributed by atoms with Gasteiger partial charge in [-0.3, -0.25) is 0 Å². The number of benzene rings is 1. The van der Waals surface area contributed by atoms with Crippen LogP contribution in [0.1, 0.15) is 18.4 Å². The van der Waals surface area contributed by atoms with Crippen molar-refractivity contribution >= 4 is 5.57 Å². The third-order valence-electron chi connectivity index (χ3n) is 2.61. The molecule has 0 aromatic heterocycles. The smallest absolute Gasteiger partial charge is 0.126 e. The van der Waals surface area contributed by atoms with Crippen LogP contribution in [0.15, 0.2) is 24.3 Å². The molecule has 15 heavy (non-hydrogen) atoms. The first-order valence-electron chi connectivity index (χ1n) is 4.93. The average Bonchev–Trinajstić information content (AvgIpc) is 2.65. The zero-order valence-corrected chi connectivity index (χ0v) is 8.53. The number of aliphatic hydroxyl groups excluding tert-OH is 1. The van der Waals surface area contributed by atoms with Gasteiger partial charge in [0.1, 0.15) is 11.6 Å². The highest BCUT2D eigenvalue weighted by Crippen LogP contribution is 2.34. The van der Waals surface area contributed by atoms with Crippen LogP contribution in [-0.2, 0) is 0 Å². The molecule has 1 aromatic rings. The summed E-state index contributed by atoms with van der Waals surface area (Å²) < 4.78 is 18.2. The SMILES string of the molecule is COc1ccc(F)cc1C1=CC(O)CC1. The minimum atomic E-state index is -0.409. The number of halogens is 1. The van der Waals surface area contributed by atoms with E-state index in [2.05, 4.69) is 0 Å². The van der Waals surface area contributed by atoms with Gasteiger partial charge in [0.15, 0.2) is 0 Å². The van der Waals surface area contributed by atoms with Crippen LogP contribution in [-0.4, -0.2) is 18.3 Å². The minimum Gasteiger partial charge on any atom is -0.496 e.